The molecule has 94 valence electrons. The number of aryl methyl sites for hydroxylation is 1. The first-order valence-electron chi connectivity index (χ1n) is 6.50. The molecule has 0 unspecified atom stereocenters. The van der Waals surface area contributed by atoms with E-state index < -0.39 is 0 Å². The van der Waals surface area contributed by atoms with Gasteiger partial charge in [-0.25, -0.2) is 4.98 Å². The Morgan fingerprint density at radius 1 is 1.28 bits per heavy atom. The van der Waals surface area contributed by atoms with E-state index in [2.05, 4.69) is 47.6 Å². The van der Waals surface area contributed by atoms with E-state index in [4.69, 9.17) is 0 Å². The van der Waals surface area contributed by atoms with Crippen LogP contribution in [0.15, 0.2) is 35.8 Å². The molecule has 1 fully saturated rings. The Balaban J connectivity index is 1.47. The zero-order chi connectivity index (χ0) is 12.4. The molecule has 0 amide bonds. The van der Waals surface area contributed by atoms with Crippen LogP contribution in [0.5, 0.6) is 0 Å². The van der Waals surface area contributed by atoms with Crippen molar-refractivity contribution in [2.24, 2.45) is 0 Å². The summed E-state index contributed by atoms with van der Waals surface area (Å²) in [4.78, 5) is 5.65. The molecule has 0 saturated heterocycles. The van der Waals surface area contributed by atoms with Crippen LogP contribution < -0.4 is 5.32 Å². The number of rotatable bonds is 4. The molecule has 1 aromatic carbocycles. The van der Waals surface area contributed by atoms with Crippen LogP contribution in [0.2, 0.25) is 0 Å². The number of thiazole rings is 1. The van der Waals surface area contributed by atoms with E-state index in [9.17, 15) is 0 Å². The van der Waals surface area contributed by atoms with Crippen LogP contribution in [0.1, 0.15) is 34.9 Å². The van der Waals surface area contributed by atoms with Crippen LogP contribution in [0.25, 0.3) is 0 Å². The maximum Gasteiger partial charge on any atom is 0.0798 e. The van der Waals surface area contributed by atoms with Gasteiger partial charge in [0.25, 0.3) is 0 Å². The smallest absolute Gasteiger partial charge is 0.0798 e. The standard InChI is InChI=1S/C15H18N2S/c1-11-15(18-10-17-11)9-16-14-7-13(8-14)12-5-3-2-4-6-12/h2-6,10,13-14,16H,7-9H2,1H3. The van der Waals surface area contributed by atoms with Gasteiger partial charge in [0, 0.05) is 17.5 Å². The lowest BCUT2D eigenvalue weighted by Gasteiger charge is -2.36. The third-order valence-electron chi connectivity index (χ3n) is 3.81. The van der Waals surface area contributed by atoms with Gasteiger partial charge in [-0.3, -0.25) is 0 Å². The van der Waals surface area contributed by atoms with E-state index in [-0.39, 0.29) is 0 Å². The summed E-state index contributed by atoms with van der Waals surface area (Å²) >= 11 is 1.75. The molecule has 0 atom stereocenters. The SMILES string of the molecule is Cc1ncsc1CNC1CC(c2ccccc2)C1. The van der Waals surface area contributed by atoms with Gasteiger partial charge in [-0.1, -0.05) is 30.3 Å². The van der Waals surface area contributed by atoms with Gasteiger partial charge >= 0.3 is 0 Å². The highest BCUT2D eigenvalue weighted by Crippen LogP contribution is 2.36. The molecular weight excluding hydrogens is 240 g/mol. The fraction of sp³-hybridized carbons (Fsp3) is 0.400. The molecule has 0 aliphatic heterocycles. The molecule has 18 heavy (non-hydrogen) atoms. The monoisotopic (exact) mass is 258 g/mol. The predicted octanol–water partition coefficient (Wildman–Crippen LogP) is 3.49. The van der Waals surface area contributed by atoms with Crippen LogP contribution in [0.4, 0.5) is 0 Å². The van der Waals surface area contributed by atoms with Crippen molar-refractivity contribution in [3.8, 4) is 0 Å². The van der Waals surface area contributed by atoms with Crippen LogP contribution >= 0.6 is 11.3 Å². The van der Waals surface area contributed by atoms with Gasteiger partial charge in [0.1, 0.15) is 0 Å². The normalized spacial score (nSPS) is 22.7. The van der Waals surface area contributed by atoms with Crippen LogP contribution in [0.3, 0.4) is 0 Å². The van der Waals surface area contributed by atoms with Crippen molar-refractivity contribution in [3.63, 3.8) is 0 Å². The Morgan fingerprint density at radius 2 is 2.06 bits per heavy atom. The number of nitrogens with one attached hydrogen (secondary N) is 1. The van der Waals surface area contributed by atoms with E-state index in [1.807, 2.05) is 5.51 Å². The third kappa shape index (κ3) is 2.47. The zero-order valence-electron chi connectivity index (χ0n) is 10.6. The Hall–Kier alpha value is -1.19. The Kier molecular flexibility index (Phi) is 3.43. The summed E-state index contributed by atoms with van der Waals surface area (Å²) < 4.78 is 0. The minimum atomic E-state index is 0.678. The fourth-order valence-corrected chi connectivity index (χ4v) is 3.24. The first-order valence-corrected chi connectivity index (χ1v) is 7.38. The topological polar surface area (TPSA) is 24.9 Å². The van der Waals surface area contributed by atoms with Gasteiger partial charge in [0.05, 0.1) is 11.2 Å². The molecule has 1 aromatic heterocycles. The maximum absolute atomic E-state index is 4.28. The molecule has 2 nitrogen and oxygen atoms in total. The molecule has 1 saturated carbocycles. The molecule has 3 heteroatoms. The predicted molar refractivity (Wildman–Crippen MR) is 75.9 cm³/mol. The quantitative estimate of drug-likeness (QED) is 0.908. The van der Waals surface area contributed by atoms with E-state index in [1.54, 1.807) is 11.3 Å². The lowest BCUT2D eigenvalue weighted by molar-refractivity contribution is 0.290. The summed E-state index contributed by atoms with van der Waals surface area (Å²) in [5.41, 5.74) is 4.59. The molecule has 1 aliphatic carbocycles. The highest BCUT2D eigenvalue weighted by molar-refractivity contribution is 7.09. The second-order valence-corrected chi connectivity index (χ2v) is 5.96. The largest absolute Gasteiger partial charge is 0.309 e. The molecule has 0 radical (unpaired) electrons. The van der Waals surface area contributed by atoms with Crippen LogP contribution in [-0.4, -0.2) is 11.0 Å². The second-order valence-electron chi connectivity index (χ2n) is 5.02. The average molecular weight is 258 g/mol. The highest BCUT2D eigenvalue weighted by Gasteiger charge is 2.29. The van der Waals surface area contributed by atoms with Crippen molar-refractivity contribution < 1.29 is 0 Å². The van der Waals surface area contributed by atoms with Crippen molar-refractivity contribution in [1.82, 2.24) is 10.3 Å². The van der Waals surface area contributed by atoms with Gasteiger partial charge in [-0.15, -0.1) is 11.3 Å². The molecule has 1 N–H and O–H groups in total. The minimum Gasteiger partial charge on any atom is -0.309 e. The second kappa shape index (κ2) is 5.21. The highest BCUT2D eigenvalue weighted by atomic mass is 32.1. The third-order valence-corrected chi connectivity index (χ3v) is 4.74. The van der Waals surface area contributed by atoms with Gasteiger partial charge in [-0.05, 0) is 31.2 Å². The number of hydrogen-bond donors (Lipinski definition) is 1. The van der Waals surface area contributed by atoms with Crippen LogP contribution in [-0.2, 0) is 6.54 Å². The number of hydrogen-bond acceptors (Lipinski definition) is 3. The fourth-order valence-electron chi connectivity index (χ4n) is 2.51. The summed E-state index contributed by atoms with van der Waals surface area (Å²) in [5.74, 6) is 0.756. The summed E-state index contributed by atoms with van der Waals surface area (Å²) in [7, 11) is 0. The van der Waals surface area contributed by atoms with Crippen LogP contribution in [0, 0.1) is 6.92 Å². The number of benzene rings is 1. The summed E-state index contributed by atoms with van der Waals surface area (Å²) in [5, 5.41) is 3.63. The zero-order valence-corrected chi connectivity index (χ0v) is 11.4. The lowest BCUT2D eigenvalue weighted by Crippen LogP contribution is -2.39. The molecule has 2 aromatic rings. The molecule has 1 heterocycles. The molecular formula is C15H18N2S. The summed E-state index contributed by atoms with van der Waals surface area (Å²) in [6.07, 6.45) is 2.53. The summed E-state index contributed by atoms with van der Waals surface area (Å²) in [6, 6.07) is 11.5. The maximum atomic E-state index is 4.28. The van der Waals surface area contributed by atoms with E-state index >= 15 is 0 Å². The molecule has 1 aliphatic rings. The summed E-state index contributed by atoms with van der Waals surface area (Å²) in [6.45, 7) is 3.06. The van der Waals surface area contributed by atoms with Gasteiger partial charge in [0.2, 0.25) is 0 Å². The van der Waals surface area contributed by atoms with Gasteiger partial charge in [-0.2, -0.15) is 0 Å². The first kappa shape index (κ1) is 11.9. The Labute approximate surface area is 112 Å². The van der Waals surface area contributed by atoms with Crippen molar-refractivity contribution in [1.29, 1.82) is 0 Å². The van der Waals surface area contributed by atoms with Crippen molar-refractivity contribution in [3.05, 3.63) is 52.0 Å². The lowest BCUT2D eigenvalue weighted by atomic mass is 9.76. The van der Waals surface area contributed by atoms with Gasteiger partial charge in [0.15, 0.2) is 0 Å². The molecule has 0 spiro atoms. The van der Waals surface area contributed by atoms with E-state index in [1.165, 1.54) is 29.0 Å². The Morgan fingerprint density at radius 3 is 2.72 bits per heavy atom. The first-order chi connectivity index (χ1) is 8.83. The number of aromatic nitrogens is 1. The average Bonchev–Trinajstić information content (AvgIpc) is 2.74. The van der Waals surface area contributed by atoms with Gasteiger partial charge < -0.3 is 5.32 Å². The minimum absolute atomic E-state index is 0.678. The number of nitrogens with zero attached hydrogens (tertiary/aromatic N) is 1. The molecule has 0 bridgehead atoms. The van der Waals surface area contributed by atoms with Crippen molar-refractivity contribution in [2.45, 2.75) is 38.3 Å². The Bertz CT molecular complexity index is 500. The van der Waals surface area contributed by atoms with Crippen molar-refractivity contribution in [2.75, 3.05) is 0 Å². The van der Waals surface area contributed by atoms with Crippen molar-refractivity contribution >= 4 is 11.3 Å². The molecule has 3 rings (SSSR count). The van der Waals surface area contributed by atoms with E-state index in [0.717, 1.165) is 12.5 Å². The van der Waals surface area contributed by atoms with E-state index in [0.29, 0.717) is 6.04 Å².